The number of sulfone groups is 1. The third-order valence-electron chi connectivity index (χ3n) is 6.35. The fourth-order valence-corrected chi connectivity index (χ4v) is 5.14. The van der Waals surface area contributed by atoms with Crippen LogP contribution >= 0.6 is 0 Å². The topological polar surface area (TPSA) is 117 Å². The second-order valence-electron chi connectivity index (χ2n) is 9.58. The number of hydrogen-bond acceptors (Lipinski definition) is 6. The Hall–Kier alpha value is -4.06. The van der Waals surface area contributed by atoms with E-state index in [0.29, 0.717) is 27.8 Å². The molecule has 9 nitrogen and oxygen atoms in total. The van der Waals surface area contributed by atoms with Gasteiger partial charge in [-0.3, -0.25) is 9.59 Å². The van der Waals surface area contributed by atoms with E-state index >= 15 is 0 Å². The third-order valence-corrected chi connectivity index (χ3v) is 7.48. The SMILES string of the molecule is CC(C)Nc1nc2c(c(=O)n1-c1ccc(S(C)(=O)=O)cc1)CCN(C(=O)c1cc3cc(F)c(F)cc3[nH]1)C2. The zero-order valence-electron chi connectivity index (χ0n) is 20.9. The molecule has 0 saturated heterocycles. The van der Waals surface area contributed by atoms with Crippen molar-refractivity contribution in [1.29, 1.82) is 0 Å². The Balaban J connectivity index is 1.51. The lowest BCUT2D eigenvalue weighted by molar-refractivity contribution is 0.0726. The van der Waals surface area contributed by atoms with Crippen LogP contribution in [0.15, 0.2) is 52.2 Å². The summed E-state index contributed by atoms with van der Waals surface area (Å²) in [5, 5.41) is 3.54. The highest BCUT2D eigenvalue weighted by molar-refractivity contribution is 7.90. The maximum Gasteiger partial charge on any atom is 0.270 e. The predicted octanol–water partition coefficient (Wildman–Crippen LogP) is 3.41. The molecule has 12 heteroatoms. The van der Waals surface area contributed by atoms with Crippen molar-refractivity contribution in [2.75, 3.05) is 18.1 Å². The highest BCUT2D eigenvalue weighted by Gasteiger charge is 2.28. The van der Waals surface area contributed by atoms with Gasteiger partial charge in [-0.1, -0.05) is 0 Å². The second-order valence-corrected chi connectivity index (χ2v) is 11.6. The van der Waals surface area contributed by atoms with E-state index in [9.17, 15) is 26.8 Å². The molecule has 1 aliphatic heterocycles. The van der Waals surface area contributed by atoms with Crippen LogP contribution in [-0.4, -0.2) is 52.6 Å². The van der Waals surface area contributed by atoms with Crippen molar-refractivity contribution in [3.8, 4) is 5.69 Å². The molecule has 0 radical (unpaired) electrons. The number of amides is 1. The van der Waals surface area contributed by atoms with Crippen molar-refractivity contribution in [1.82, 2.24) is 19.4 Å². The summed E-state index contributed by atoms with van der Waals surface area (Å²) in [4.78, 5) is 36.0. The quantitative estimate of drug-likeness (QED) is 0.400. The Bertz CT molecular complexity index is 1710. The Labute approximate surface area is 217 Å². The molecule has 5 rings (SSSR count). The van der Waals surface area contributed by atoms with Crippen LogP contribution in [0.5, 0.6) is 0 Å². The molecule has 0 saturated carbocycles. The van der Waals surface area contributed by atoms with Gasteiger partial charge in [-0.25, -0.2) is 26.7 Å². The standard InChI is InChI=1S/C26H25F2N5O4S/c1-14(2)29-26-31-23-13-32(25(35)22-11-15-10-19(27)20(28)12-21(15)30-22)9-8-18(23)24(34)33(26)16-4-6-17(7-5-16)38(3,36)37/h4-7,10-12,14,30H,8-9,13H2,1-3H3,(H,29,31). The summed E-state index contributed by atoms with van der Waals surface area (Å²) in [6, 6.07) is 9.41. The van der Waals surface area contributed by atoms with Crippen LogP contribution in [0.4, 0.5) is 14.7 Å². The van der Waals surface area contributed by atoms with Gasteiger partial charge >= 0.3 is 0 Å². The highest BCUT2D eigenvalue weighted by Crippen LogP contribution is 2.24. The molecule has 0 spiro atoms. The molecule has 2 aromatic heterocycles. The number of aromatic nitrogens is 3. The van der Waals surface area contributed by atoms with Crippen molar-refractivity contribution in [3.05, 3.63) is 81.4 Å². The number of carbonyl (C=O) groups is 1. The summed E-state index contributed by atoms with van der Waals surface area (Å²) in [6.45, 7) is 4.09. The molecule has 0 bridgehead atoms. The number of carbonyl (C=O) groups excluding carboxylic acids is 1. The lowest BCUT2D eigenvalue weighted by Gasteiger charge is -2.29. The molecule has 1 aliphatic rings. The van der Waals surface area contributed by atoms with Crippen molar-refractivity contribution >= 4 is 32.6 Å². The van der Waals surface area contributed by atoms with Gasteiger partial charge in [-0.05, 0) is 56.7 Å². The van der Waals surface area contributed by atoms with Crippen molar-refractivity contribution < 1.29 is 22.0 Å². The normalized spacial score (nSPS) is 13.7. The number of rotatable bonds is 5. The molecule has 0 unspecified atom stereocenters. The van der Waals surface area contributed by atoms with Gasteiger partial charge in [0, 0.05) is 41.4 Å². The van der Waals surface area contributed by atoms with Gasteiger partial charge in [0.2, 0.25) is 5.95 Å². The first-order valence-electron chi connectivity index (χ1n) is 11.9. The first-order chi connectivity index (χ1) is 17.9. The monoisotopic (exact) mass is 541 g/mol. The Morgan fingerprint density at radius 3 is 2.45 bits per heavy atom. The van der Waals surface area contributed by atoms with Gasteiger partial charge < -0.3 is 15.2 Å². The predicted molar refractivity (Wildman–Crippen MR) is 138 cm³/mol. The van der Waals surface area contributed by atoms with E-state index in [-0.39, 0.29) is 53.6 Å². The Kier molecular flexibility index (Phi) is 6.30. The largest absolute Gasteiger partial charge is 0.353 e. The van der Waals surface area contributed by atoms with Crippen LogP contribution in [0.25, 0.3) is 16.6 Å². The third kappa shape index (κ3) is 4.67. The van der Waals surface area contributed by atoms with Crippen molar-refractivity contribution in [2.45, 2.75) is 37.8 Å². The summed E-state index contributed by atoms with van der Waals surface area (Å²) in [7, 11) is -3.40. The summed E-state index contributed by atoms with van der Waals surface area (Å²) >= 11 is 0. The number of aromatic amines is 1. The number of fused-ring (bicyclic) bond motifs is 2. The van der Waals surface area contributed by atoms with Crippen LogP contribution in [0.3, 0.4) is 0 Å². The highest BCUT2D eigenvalue weighted by atomic mass is 32.2. The van der Waals surface area contributed by atoms with Gasteiger partial charge in [0.15, 0.2) is 21.5 Å². The zero-order chi connectivity index (χ0) is 27.4. The molecule has 0 fully saturated rings. The summed E-state index contributed by atoms with van der Waals surface area (Å²) in [5.41, 5.74) is 1.52. The van der Waals surface area contributed by atoms with Gasteiger partial charge in [-0.15, -0.1) is 0 Å². The first kappa shape index (κ1) is 25.6. The van der Waals surface area contributed by atoms with E-state index in [4.69, 9.17) is 0 Å². The maximum absolute atomic E-state index is 13.6. The van der Waals surface area contributed by atoms with Crippen LogP contribution < -0.4 is 10.9 Å². The van der Waals surface area contributed by atoms with Gasteiger partial charge in [0.05, 0.1) is 22.8 Å². The smallest absolute Gasteiger partial charge is 0.270 e. The fraction of sp³-hybridized carbons (Fsp3) is 0.269. The van der Waals surface area contributed by atoms with E-state index in [1.165, 1.54) is 27.7 Å². The van der Waals surface area contributed by atoms with Crippen LogP contribution in [0.1, 0.15) is 35.6 Å². The summed E-state index contributed by atoms with van der Waals surface area (Å²) in [6.07, 6.45) is 1.36. The summed E-state index contributed by atoms with van der Waals surface area (Å²) < 4.78 is 52.3. The van der Waals surface area contributed by atoms with Gasteiger partial charge in [-0.2, -0.15) is 0 Å². The number of anilines is 1. The Morgan fingerprint density at radius 2 is 1.79 bits per heavy atom. The van der Waals surface area contributed by atoms with Gasteiger partial charge in [0.1, 0.15) is 5.69 Å². The molecular formula is C26H25F2N5O4S. The average molecular weight is 542 g/mol. The number of halogens is 2. The minimum absolute atomic E-state index is 0.0716. The molecule has 198 valence electrons. The van der Waals surface area contributed by atoms with Crippen LogP contribution in [0, 0.1) is 11.6 Å². The van der Waals surface area contributed by atoms with E-state index in [1.807, 2.05) is 13.8 Å². The second kappa shape index (κ2) is 9.35. The van der Waals surface area contributed by atoms with E-state index in [0.717, 1.165) is 18.4 Å². The number of H-pyrrole nitrogens is 1. The van der Waals surface area contributed by atoms with Crippen LogP contribution in [-0.2, 0) is 22.8 Å². The molecule has 0 aliphatic carbocycles. The first-order valence-corrected chi connectivity index (χ1v) is 13.8. The van der Waals surface area contributed by atoms with Crippen molar-refractivity contribution in [2.24, 2.45) is 0 Å². The molecule has 2 aromatic carbocycles. The lowest BCUT2D eigenvalue weighted by Crippen LogP contribution is -2.41. The van der Waals surface area contributed by atoms with Gasteiger partial charge in [0.25, 0.3) is 11.5 Å². The van der Waals surface area contributed by atoms with E-state index in [2.05, 4.69) is 15.3 Å². The molecule has 3 heterocycles. The van der Waals surface area contributed by atoms with Crippen molar-refractivity contribution in [3.63, 3.8) is 0 Å². The lowest BCUT2D eigenvalue weighted by atomic mass is 10.1. The minimum Gasteiger partial charge on any atom is -0.353 e. The van der Waals surface area contributed by atoms with E-state index < -0.39 is 21.5 Å². The fourth-order valence-electron chi connectivity index (χ4n) is 4.51. The number of hydrogen-bond donors (Lipinski definition) is 2. The molecule has 38 heavy (non-hydrogen) atoms. The minimum atomic E-state index is -3.40. The Morgan fingerprint density at radius 1 is 1.11 bits per heavy atom. The molecule has 1 amide bonds. The van der Waals surface area contributed by atoms with E-state index in [1.54, 1.807) is 12.1 Å². The molecule has 2 N–H and O–H groups in total. The number of nitrogens with zero attached hydrogens (tertiary/aromatic N) is 3. The average Bonchev–Trinajstić information content (AvgIpc) is 3.25. The molecule has 4 aromatic rings. The molecule has 0 atom stereocenters. The van der Waals surface area contributed by atoms with Crippen LogP contribution in [0.2, 0.25) is 0 Å². The number of benzene rings is 2. The number of nitrogens with one attached hydrogen (secondary N) is 2. The maximum atomic E-state index is 13.6. The molecular weight excluding hydrogens is 516 g/mol. The summed E-state index contributed by atoms with van der Waals surface area (Å²) in [5.74, 6) is -2.13. The zero-order valence-corrected chi connectivity index (χ0v) is 21.7.